The summed E-state index contributed by atoms with van der Waals surface area (Å²) in [5.41, 5.74) is 1.24. The van der Waals surface area contributed by atoms with Crippen molar-refractivity contribution in [3.63, 3.8) is 0 Å². The van der Waals surface area contributed by atoms with Crippen molar-refractivity contribution in [1.29, 1.82) is 0 Å². The first kappa shape index (κ1) is 18.2. The van der Waals surface area contributed by atoms with Gasteiger partial charge in [-0.3, -0.25) is 14.5 Å². The van der Waals surface area contributed by atoms with Crippen molar-refractivity contribution in [3.05, 3.63) is 29.8 Å². The smallest absolute Gasteiger partial charge is 0.323 e. The predicted octanol–water partition coefficient (Wildman–Crippen LogP) is 2.21. The summed E-state index contributed by atoms with van der Waals surface area (Å²) in [6.45, 7) is 6.71. The van der Waals surface area contributed by atoms with E-state index in [2.05, 4.69) is 12.2 Å². The molecule has 26 heavy (non-hydrogen) atoms. The van der Waals surface area contributed by atoms with E-state index in [1.807, 2.05) is 11.8 Å². The van der Waals surface area contributed by atoms with Crippen LogP contribution in [0.15, 0.2) is 24.3 Å². The van der Waals surface area contributed by atoms with Crippen LogP contribution < -0.4 is 5.32 Å². The van der Waals surface area contributed by atoms with E-state index in [1.54, 1.807) is 29.2 Å². The van der Waals surface area contributed by atoms with Gasteiger partial charge >= 0.3 is 6.03 Å². The van der Waals surface area contributed by atoms with Gasteiger partial charge < -0.3 is 15.1 Å². The Morgan fingerprint density at radius 2 is 1.77 bits per heavy atom. The highest BCUT2D eigenvalue weighted by Gasteiger charge is 2.29. The molecule has 2 aliphatic rings. The average Bonchev–Trinajstić information content (AvgIpc) is 3.03. The molecule has 140 valence electrons. The van der Waals surface area contributed by atoms with Crippen molar-refractivity contribution in [3.8, 4) is 0 Å². The highest BCUT2D eigenvalue weighted by atomic mass is 16.2. The zero-order valence-corrected chi connectivity index (χ0v) is 15.4. The van der Waals surface area contributed by atoms with Crippen molar-refractivity contribution < 1.29 is 14.4 Å². The molecule has 0 saturated carbocycles. The number of carbonyl (C=O) groups is 3. The molecule has 2 aliphatic heterocycles. The number of urea groups is 1. The molecule has 0 bridgehead atoms. The van der Waals surface area contributed by atoms with Gasteiger partial charge in [-0.1, -0.05) is 6.92 Å². The summed E-state index contributed by atoms with van der Waals surface area (Å²) >= 11 is 0. The number of amides is 4. The van der Waals surface area contributed by atoms with Gasteiger partial charge in [-0.25, -0.2) is 4.79 Å². The van der Waals surface area contributed by atoms with E-state index >= 15 is 0 Å². The van der Waals surface area contributed by atoms with Gasteiger partial charge in [0.05, 0.1) is 6.67 Å². The molecular formula is C19H26N4O3. The maximum atomic E-state index is 12.5. The number of nitrogens with one attached hydrogen (secondary N) is 1. The Labute approximate surface area is 153 Å². The summed E-state index contributed by atoms with van der Waals surface area (Å²) in [7, 11) is 0. The fourth-order valence-corrected chi connectivity index (χ4v) is 3.30. The lowest BCUT2D eigenvalue weighted by molar-refractivity contribution is -0.126. The third-order valence-electron chi connectivity index (χ3n) is 5.14. The zero-order chi connectivity index (χ0) is 18.7. The van der Waals surface area contributed by atoms with Crippen LogP contribution in [0.3, 0.4) is 0 Å². The number of nitrogens with zero attached hydrogens (tertiary/aromatic N) is 3. The van der Waals surface area contributed by atoms with Crippen molar-refractivity contribution in [2.75, 3.05) is 38.2 Å². The molecule has 0 aromatic heterocycles. The number of anilines is 1. The number of benzene rings is 1. The summed E-state index contributed by atoms with van der Waals surface area (Å²) in [5.74, 6) is 0.677. The Morgan fingerprint density at radius 1 is 1.12 bits per heavy atom. The van der Waals surface area contributed by atoms with E-state index in [-0.39, 0.29) is 24.4 Å². The third kappa shape index (κ3) is 3.98. The van der Waals surface area contributed by atoms with Gasteiger partial charge in [0.15, 0.2) is 0 Å². The van der Waals surface area contributed by atoms with E-state index in [4.69, 9.17) is 0 Å². The van der Waals surface area contributed by atoms with Crippen LogP contribution in [0.25, 0.3) is 0 Å². The molecule has 4 amide bonds. The lowest BCUT2D eigenvalue weighted by Gasteiger charge is -2.30. The maximum Gasteiger partial charge on any atom is 0.323 e. The number of carbonyl (C=O) groups excluding carboxylic acids is 3. The second kappa shape index (κ2) is 7.76. The topological polar surface area (TPSA) is 73.0 Å². The van der Waals surface area contributed by atoms with Crippen LogP contribution >= 0.6 is 0 Å². The van der Waals surface area contributed by atoms with Gasteiger partial charge in [0.25, 0.3) is 5.91 Å². The van der Waals surface area contributed by atoms with Crippen LogP contribution in [0.4, 0.5) is 10.5 Å². The first-order chi connectivity index (χ1) is 12.5. The SMILES string of the molecule is CCN1CN(C(=O)Nc2ccc(C(=O)N3CCC(C)CC3)cc2)CC1=O. The fourth-order valence-electron chi connectivity index (χ4n) is 3.30. The van der Waals surface area contributed by atoms with Gasteiger partial charge in [-0.2, -0.15) is 0 Å². The molecule has 0 spiro atoms. The van der Waals surface area contributed by atoms with Crippen molar-refractivity contribution in [2.45, 2.75) is 26.7 Å². The Balaban J connectivity index is 1.57. The molecule has 2 saturated heterocycles. The molecule has 0 unspecified atom stereocenters. The Hall–Kier alpha value is -2.57. The molecule has 7 nitrogen and oxygen atoms in total. The second-order valence-corrected chi connectivity index (χ2v) is 7.07. The van der Waals surface area contributed by atoms with Crippen LogP contribution in [0.1, 0.15) is 37.0 Å². The monoisotopic (exact) mass is 358 g/mol. The molecule has 7 heteroatoms. The van der Waals surface area contributed by atoms with Crippen molar-refractivity contribution in [1.82, 2.24) is 14.7 Å². The van der Waals surface area contributed by atoms with Crippen molar-refractivity contribution >= 4 is 23.5 Å². The van der Waals surface area contributed by atoms with E-state index in [0.717, 1.165) is 25.9 Å². The van der Waals surface area contributed by atoms with Gasteiger partial charge in [-0.05, 0) is 49.9 Å². The number of hydrogen-bond acceptors (Lipinski definition) is 3. The summed E-state index contributed by atoms with van der Waals surface area (Å²) < 4.78 is 0. The minimum atomic E-state index is -0.307. The van der Waals surface area contributed by atoms with Gasteiger partial charge in [-0.15, -0.1) is 0 Å². The molecule has 0 radical (unpaired) electrons. The second-order valence-electron chi connectivity index (χ2n) is 7.07. The predicted molar refractivity (Wildman–Crippen MR) is 98.7 cm³/mol. The van der Waals surface area contributed by atoms with Gasteiger partial charge in [0.1, 0.15) is 6.54 Å². The Bertz CT molecular complexity index is 681. The molecule has 0 atom stereocenters. The van der Waals surface area contributed by atoms with E-state index in [9.17, 15) is 14.4 Å². The van der Waals surface area contributed by atoms with Gasteiger partial charge in [0.2, 0.25) is 5.91 Å². The maximum absolute atomic E-state index is 12.5. The first-order valence-corrected chi connectivity index (χ1v) is 9.21. The minimum Gasteiger partial charge on any atom is -0.339 e. The quantitative estimate of drug-likeness (QED) is 0.900. The lowest BCUT2D eigenvalue weighted by Crippen LogP contribution is -2.37. The number of likely N-dealkylation sites (N-methyl/N-ethyl adjacent to an activating group) is 1. The molecule has 1 N–H and O–H groups in total. The molecule has 2 fully saturated rings. The fraction of sp³-hybridized carbons (Fsp3) is 0.526. The summed E-state index contributed by atoms with van der Waals surface area (Å²) in [4.78, 5) is 41.5. The number of likely N-dealkylation sites (tertiary alicyclic amines) is 1. The molecular weight excluding hydrogens is 332 g/mol. The van der Waals surface area contributed by atoms with E-state index < -0.39 is 0 Å². The van der Waals surface area contributed by atoms with Crippen LogP contribution in [0.2, 0.25) is 0 Å². The van der Waals surface area contributed by atoms with Crippen LogP contribution in [-0.2, 0) is 4.79 Å². The van der Waals surface area contributed by atoms with Gasteiger partial charge in [0, 0.05) is 30.9 Å². The molecule has 1 aromatic rings. The molecule has 1 aromatic carbocycles. The molecule has 2 heterocycles. The first-order valence-electron chi connectivity index (χ1n) is 9.21. The highest BCUT2D eigenvalue weighted by Crippen LogP contribution is 2.19. The third-order valence-corrected chi connectivity index (χ3v) is 5.14. The highest BCUT2D eigenvalue weighted by molar-refractivity contribution is 5.96. The van der Waals surface area contributed by atoms with E-state index in [0.29, 0.717) is 30.4 Å². The summed E-state index contributed by atoms with van der Waals surface area (Å²) in [6.07, 6.45) is 2.09. The number of hydrogen-bond donors (Lipinski definition) is 1. The van der Waals surface area contributed by atoms with Crippen LogP contribution in [0.5, 0.6) is 0 Å². The lowest BCUT2D eigenvalue weighted by atomic mass is 9.98. The van der Waals surface area contributed by atoms with Crippen LogP contribution in [0, 0.1) is 5.92 Å². The number of rotatable bonds is 3. The molecule has 0 aliphatic carbocycles. The average molecular weight is 358 g/mol. The zero-order valence-electron chi connectivity index (χ0n) is 15.4. The number of piperidine rings is 1. The Morgan fingerprint density at radius 3 is 2.35 bits per heavy atom. The molecule has 3 rings (SSSR count). The Kier molecular flexibility index (Phi) is 5.44. The van der Waals surface area contributed by atoms with E-state index in [1.165, 1.54) is 4.90 Å². The summed E-state index contributed by atoms with van der Waals surface area (Å²) in [6, 6.07) is 6.63. The normalized spacial score (nSPS) is 18.4. The van der Waals surface area contributed by atoms with Crippen LogP contribution in [-0.4, -0.2) is 65.4 Å². The van der Waals surface area contributed by atoms with Crippen molar-refractivity contribution in [2.24, 2.45) is 5.92 Å². The standard InChI is InChI=1S/C19H26N4O3/c1-3-21-13-23(12-17(21)24)19(26)20-16-6-4-15(5-7-16)18(25)22-10-8-14(2)9-11-22/h4-7,14H,3,8-13H2,1-2H3,(H,20,26). The summed E-state index contributed by atoms with van der Waals surface area (Å²) in [5, 5.41) is 2.78. The largest absolute Gasteiger partial charge is 0.339 e. The minimum absolute atomic E-state index is 0.0403.